The van der Waals surface area contributed by atoms with Gasteiger partial charge in [-0.05, 0) is 30.7 Å². The van der Waals surface area contributed by atoms with Gasteiger partial charge in [0.25, 0.3) is 0 Å². The van der Waals surface area contributed by atoms with Crippen LogP contribution in [0, 0.1) is 0 Å². The van der Waals surface area contributed by atoms with Crippen LogP contribution in [-0.4, -0.2) is 12.6 Å². The maximum Gasteiger partial charge on any atom is 0.319 e. The van der Waals surface area contributed by atoms with Crippen LogP contribution in [0.5, 0.6) is 0 Å². The minimum atomic E-state index is -0.146. The first-order chi connectivity index (χ1) is 13.2. The molecule has 0 unspecified atom stereocenters. The summed E-state index contributed by atoms with van der Waals surface area (Å²) in [6.45, 7) is 3.01. The molecule has 0 fully saturated rings. The van der Waals surface area contributed by atoms with Crippen molar-refractivity contribution < 1.29 is 4.79 Å². The summed E-state index contributed by atoms with van der Waals surface area (Å²) in [7, 11) is 0. The van der Waals surface area contributed by atoms with Gasteiger partial charge in [-0.25, -0.2) is 4.79 Å². The summed E-state index contributed by atoms with van der Waals surface area (Å²) in [4.78, 5) is 11.8. The van der Waals surface area contributed by atoms with Gasteiger partial charge in [0, 0.05) is 17.3 Å². The molecule has 3 nitrogen and oxygen atoms in total. The van der Waals surface area contributed by atoms with Gasteiger partial charge in [0.1, 0.15) is 0 Å². The largest absolute Gasteiger partial charge is 0.338 e. The van der Waals surface area contributed by atoms with Crippen LogP contribution in [0.15, 0.2) is 24.3 Å². The predicted molar refractivity (Wildman–Crippen MR) is 119 cm³/mol. The normalized spacial score (nSPS) is 10.7. The van der Waals surface area contributed by atoms with Crippen LogP contribution >= 0.6 is 11.6 Å². The lowest BCUT2D eigenvalue weighted by molar-refractivity contribution is 0.252. The summed E-state index contributed by atoms with van der Waals surface area (Å²) in [5, 5.41) is 6.39. The molecule has 0 atom stereocenters. The second-order valence-corrected chi connectivity index (χ2v) is 7.92. The molecule has 0 saturated heterocycles. The summed E-state index contributed by atoms with van der Waals surface area (Å²) in [5.41, 5.74) is 0.762. The molecule has 1 rings (SSSR count). The van der Waals surface area contributed by atoms with Gasteiger partial charge < -0.3 is 10.6 Å². The van der Waals surface area contributed by atoms with E-state index in [1.165, 1.54) is 83.5 Å². The summed E-state index contributed by atoms with van der Waals surface area (Å²) >= 11 is 5.83. The lowest BCUT2D eigenvalue weighted by Gasteiger charge is -2.07. The molecule has 2 N–H and O–H groups in total. The van der Waals surface area contributed by atoms with Gasteiger partial charge in [0.2, 0.25) is 0 Å². The first kappa shape index (κ1) is 23.8. The van der Waals surface area contributed by atoms with Crippen molar-refractivity contribution in [2.45, 2.75) is 96.8 Å². The Bertz CT molecular complexity index is 476. The van der Waals surface area contributed by atoms with Gasteiger partial charge in [0.05, 0.1) is 0 Å². The van der Waals surface area contributed by atoms with Crippen LogP contribution in [-0.2, 0) is 0 Å². The topological polar surface area (TPSA) is 41.1 Å². The Balaban J connectivity index is 1.81. The number of hydrogen-bond acceptors (Lipinski definition) is 1. The van der Waals surface area contributed by atoms with Crippen molar-refractivity contribution in [1.82, 2.24) is 5.32 Å². The van der Waals surface area contributed by atoms with Crippen molar-refractivity contribution in [3.8, 4) is 0 Å². The van der Waals surface area contributed by atoms with E-state index in [0.29, 0.717) is 5.02 Å². The van der Waals surface area contributed by atoms with E-state index in [0.717, 1.165) is 18.7 Å². The standard InChI is InChI=1S/C23H39ClN2O/c1-2-3-4-5-6-7-8-9-10-11-12-13-14-15-20-25-23(27)26-22-18-16-21(24)17-19-22/h16-19H,2-15,20H2,1H3,(H2,25,26,27). The average molecular weight is 395 g/mol. The molecular weight excluding hydrogens is 356 g/mol. The number of anilines is 1. The van der Waals surface area contributed by atoms with E-state index in [1.807, 2.05) is 0 Å². The minimum Gasteiger partial charge on any atom is -0.338 e. The van der Waals surface area contributed by atoms with Crippen molar-refractivity contribution in [2.75, 3.05) is 11.9 Å². The molecule has 0 aliphatic carbocycles. The smallest absolute Gasteiger partial charge is 0.319 e. The molecule has 2 amide bonds. The fourth-order valence-corrected chi connectivity index (χ4v) is 3.36. The van der Waals surface area contributed by atoms with Crippen LogP contribution in [0.25, 0.3) is 0 Å². The van der Waals surface area contributed by atoms with Gasteiger partial charge in [-0.15, -0.1) is 0 Å². The molecule has 154 valence electrons. The highest BCUT2D eigenvalue weighted by molar-refractivity contribution is 6.30. The summed E-state index contributed by atoms with van der Waals surface area (Å²) in [6, 6.07) is 6.99. The van der Waals surface area contributed by atoms with Crippen LogP contribution in [0.3, 0.4) is 0 Å². The summed E-state index contributed by atoms with van der Waals surface area (Å²) < 4.78 is 0. The first-order valence-electron chi connectivity index (χ1n) is 11.0. The lowest BCUT2D eigenvalue weighted by Crippen LogP contribution is -2.29. The third kappa shape index (κ3) is 14.5. The number of carbonyl (C=O) groups excluding carboxylic acids is 1. The SMILES string of the molecule is CCCCCCCCCCCCCCCCNC(=O)Nc1ccc(Cl)cc1. The third-order valence-electron chi connectivity index (χ3n) is 4.92. The maximum absolute atomic E-state index is 11.8. The predicted octanol–water partition coefficient (Wildman–Crippen LogP) is 7.94. The zero-order chi connectivity index (χ0) is 19.6. The Hall–Kier alpha value is -1.22. The van der Waals surface area contributed by atoms with Crippen LogP contribution in [0.2, 0.25) is 5.02 Å². The third-order valence-corrected chi connectivity index (χ3v) is 5.17. The molecule has 1 aromatic carbocycles. The van der Waals surface area contributed by atoms with Gasteiger partial charge >= 0.3 is 6.03 Å². The second kappa shape index (κ2) is 16.9. The summed E-state index contributed by atoms with van der Waals surface area (Å²) in [5.74, 6) is 0. The number of benzene rings is 1. The van der Waals surface area contributed by atoms with Crippen molar-refractivity contribution in [2.24, 2.45) is 0 Å². The maximum atomic E-state index is 11.8. The molecule has 0 heterocycles. The zero-order valence-electron chi connectivity index (χ0n) is 17.2. The fraction of sp³-hybridized carbons (Fsp3) is 0.696. The van der Waals surface area contributed by atoms with E-state index in [2.05, 4.69) is 17.6 Å². The Morgan fingerprint density at radius 1 is 0.741 bits per heavy atom. The van der Waals surface area contributed by atoms with Crippen molar-refractivity contribution in [3.05, 3.63) is 29.3 Å². The average Bonchev–Trinajstić information content (AvgIpc) is 2.66. The van der Waals surface area contributed by atoms with Gasteiger partial charge in [-0.3, -0.25) is 0 Å². The van der Waals surface area contributed by atoms with E-state index >= 15 is 0 Å². The van der Waals surface area contributed by atoms with Gasteiger partial charge in [0.15, 0.2) is 0 Å². The van der Waals surface area contributed by atoms with E-state index in [1.54, 1.807) is 24.3 Å². The highest BCUT2D eigenvalue weighted by Gasteiger charge is 2.00. The Morgan fingerprint density at radius 2 is 1.19 bits per heavy atom. The van der Waals surface area contributed by atoms with Crippen molar-refractivity contribution in [1.29, 1.82) is 0 Å². The quantitative estimate of drug-likeness (QED) is 0.274. The highest BCUT2D eigenvalue weighted by atomic mass is 35.5. The number of hydrogen-bond donors (Lipinski definition) is 2. The molecule has 4 heteroatoms. The van der Waals surface area contributed by atoms with Gasteiger partial charge in [-0.2, -0.15) is 0 Å². The number of urea groups is 1. The molecule has 0 aliphatic rings. The Kier molecular flexibility index (Phi) is 14.9. The van der Waals surface area contributed by atoms with E-state index in [-0.39, 0.29) is 6.03 Å². The van der Waals surface area contributed by atoms with Crippen LogP contribution in [0.1, 0.15) is 96.8 Å². The zero-order valence-corrected chi connectivity index (χ0v) is 18.0. The number of halogens is 1. The molecule has 0 saturated carbocycles. The highest BCUT2D eigenvalue weighted by Crippen LogP contribution is 2.14. The molecular formula is C23H39ClN2O. The Morgan fingerprint density at radius 3 is 1.67 bits per heavy atom. The number of nitrogens with one attached hydrogen (secondary N) is 2. The number of amides is 2. The minimum absolute atomic E-state index is 0.146. The summed E-state index contributed by atoms with van der Waals surface area (Å²) in [6.07, 6.45) is 18.9. The van der Waals surface area contributed by atoms with E-state index < -0.39 is 0 Å². The second-order valence-electron chi connectivity index (χ2n) is 7.48. The van der Waals surface area contributed by atoms with E-state index in [4.69, 9.17) is 11.6 Å². The number of rotatable bonds is 16. The molecule has 0 bridgehead atoms. The van der Waals surface area contributed by atoms with Gasteiger partial charge in [-0.1, -0.05) is 102 Å². The van der Waals surface area contributed by atoms with Crippen LogP contribution in [0.4, 0.5) is 10.5 Å². The Labute approximate surface area is 171 Å². The molecule has 1 aromatic rings. The fourth-order valence-electron chi connectivity index (χ4n) is 3.23. The molecule has 0 radical (unpaired) electrons. The molecule has 0 aromatic heterocycles. The van der Waals surface area contributed by atoms with Crippen molar-refractivity contribution in [3.63, 3.8) is 0 Å². The number of unbranched alkanes of at least 4 members (excludes halogenated alkanes) is 13. The molecule has 0 spiro atoms. The number of carbonyl (C=O) groups is 1. The molecule has 0 aliphatic heterocycles. The van der Waals surface area contributed by atoms with E-state index in [9.17, 15) is 4.79 Å². The van der Waals surface area contributed by atoms with Crippen molar-refractivity contribution >= 4 is 23.3 Å². The van der Waals surface area contributed by atoms with Crippen LogP contribution < -0.4 is 10.6 Å². The first-order valence-corrected chi connectivity index (χ1v) is 11.4. The monoisotopic (exact) mass is 394 g/mol. The lowest BCUT2D eigenvalue weighted by atomic mass is 10.0. The molecule has 27 heavy (non-hydrogen) atoms.